The highest BCUT2D eigenvalue weighted by atomic mass is 32.1. The molecule has 0 aliphatic carbocycles. The third kappa shape index (κ3) is 5.39. The van der Waals surface area contributed by atoms with Gasteiger partial charge in [-0.15, -0.1) is 0 Å². The number of carbonyl (C=O) groups is 1. The number of hydrogen-bond donors (Lipinski definition) is 1. The number of nitrogens with zero attached hydrogens (tertiary/aromatic N) is 3. The lowest BCUT2D eigenvalue weighted by Gasteiger charge is -2.39. The Kier molecular flexibility index (Phi) is 6.65. The van der Waals surface area contributed by atoms with E-state index in [1.165, 1.54) is 12.5 Å². The van der Waals surface area contributed by atoms with Crippen LogP contribution < -0.4 is 5.32 Å². The van der Waals surface area contributed by atoms with E-state index in [0.717, 1.165) is 39.3 Å². The number of thiocarbonyl (C=S) groups is 1. The molecular weight excluding hydrogens is 363 g/mol. The SMILES string of the molecule is C[C@@H]1C[C@@H](C)CN(C(=O)CN2CCN(C(=S)Nc3ccccc3F)CC2)C1. The van der Waals surface area contributed by atoms with Crippen LogP contribution in [0, 0.1) is 17.7 Å². The van der Waals surface area contributed by atoms with Crippen molar-refractivity contribution in [2.75, 3.05) is 51.1 Å². The molecule has 1 aromatic rings. The highest BCUT2D eigenvalue weighted by molar-refractivity contribution is 7.80. The molecule has 3 rings (SSSR count). The minimum absolute atomic E-state index is 0.230. The third-order valence-corrected chi connectivity index (χ3v) is 5.72. The molecule has 2 aliphatic heterocycles. The van der Waals surface area contributed by atoms with Gasteiger partial charge in [-0.3, -0.25) is 9.69 Å². The van der Waals surface area contributed by atoms with Gasteiger partial charge < -0.3 is 15.1 Å². The van der Waals surface area contributed by atoms with Crippen molar-refractivity contribution < 1.29 is 9.18 Å². The van der Waals surface area contributed by atoms with Gasteiger partial charge in [-0.25, -0.2) is 4.39 Å². The molecule has 2 heterocycles. The normalized spacial score (nSPS) is 24.0. The quantitative estimate of drug-likeness (QED) is 0.801. The second-order valence-corrected chi connectivity index (χ2v) is 8.30. The summed E-state index contributed by atoms with van der Waals surface area (Å²) in [6, 6.07) is 6.52. The largest absolute Gasteiger partial charge is 0.346 e. The molecule has 0 spiro atoms. The number of likely N-dealkylation sites (tertiary alicyclic amines) is 1. The summed E-state index contributed by atoms with van der Waals surface area (Å²) in [6.45, 7) is 9.70. The van der Waals surface area contributed by atoms with Crippen molar-refractivity contribution in [3.05, 3.63) is 30.1 Å². The zero-order valence-electron chi connectivity index (χ0n) is 16.2. The van der Waals surface area contributed by atoms with Gasteiger partial charge in [0.05, 0.1) is 12.2 Å². The van der Waals surface area contributed by atoms with Crippen LogP contribution in [0.3, 0.4) is 0 Å². The Morgan fingerprint density at radius 2 is 1.74 bits per heavy atom. The monoisotopic (exact) mass is 392 g/mol. The Hall–Kier alpha value is -1.73. The summed E-state index contributed by atoms with van der Waals surface area (Å²) in [5.41, 5.74) is 0.397. The average Bonchev–Trinajstić information content (AvgIpc) is 2.63. The summed E-state index contributed by atoms with van der Waals surface area (Å²) >= 11 is 5.42. The first kappa shape index (κ1) is 20.0. The molecule has 2 fully saturated rings. The predicted molar refractivity (Wildman–Crippen MR) is 110 cm³/mol. The number of benzene rings is 1. The molecular formula is C20H29FN4OS. The second-order valence-electron chi connectivity index (χ2n) is 7.92. The number of anilines is 1. The number of carbonyl (C=O) groups excluding carboxylic acids is 1. The summed E-state index contributed by atoms with van der Waals surface area (Å²) in [7, 11) is 0. The zero-order chi connectivity index (χ0) is 19.4. The molecule has 148 valence electrons. The van der Waals surface area contributed by atoms with Crippen LogP contribution in [0.5, 0.6) is 0 Å². The van der Waals surface area contributed by atoms with Gasteiger partial charge in [-0.2, -0.15) is 0 Å². The van der Waals surface area contributed by atoms with Crippen molar-refractivity contribution >= 4 is 28.9 Å². The second kappa shape index (κ2) is 8.97. The zero-order valence-corrected chi connectivity index (χ0v) is 17.0. The molecule has 5 nitrogen and oxygen atoms in total. The maximum absolute atomic E-state index is 13.8. The molecule has 2 aliphatic rings. The van der Waals surface area contributed by atoms with Gasteiger partial charge in [0.15, 0.2) is 5.11 Å². The van der Waals surface area contributed by atoms with E-state index in [0.29, 0.717) is 29.2 Å². The predicted octanol–water partition coefficient (Wildman–Crippen LogP) is 2.64. The standard InChI is InChI=1S/C20H29FN4OS/c1-15-11-16(2)13-25(12-15)19(26)14-23-7-9-24(10-8-23)20(27)22-18-6-4-3-5-17(18)21/h3-6,15-16H,7-14H2,1-2H3,(H,22,27)/t15-,16-/m1/s1. The van der Waals surface area contributed by atoms with E-state index in [9.17, 15) is 9.18 Å². The lowest BCUT2D eigenvalue weighted by molar-refractivity contribution is -0.135. The number of piperazine rings is 1. The molecule has 0 unspecified atom stereocenters. The fourth-order valence-corrected chi connectivity index (χ4v) is 4.32. The summed E-state index contributed by atoms with van der Waals surface area (Å²) in [6.07, 6.45) is 1.20. The van der Waals surface area contributed by atoms with Crippen LogP contribution in [0.2, 0.25) is 0 Å². The molecule has 1 aromatic carbocycles. The fraction of sp³-hybridized carbons (Fsp3) is 0.600. The van der Waals surface area contributed by atoms with E-state index < -0.39 is 0 Å². The molecule has 27 heavy (non-hydrogen) atoms. The molecule has 1 N–H and O–H groups in total. The van der Waals surface area contributed by atoms with Crippen molar-refractivity contribution in [3.8, 4) is 0 Å². The molecule has 1 amide bonds. The molecule has 0 bridgehead atoms. The lowest BCUT2D eigenvalue weighted by Crippen LogP contribution is -2.53. The average molecular weight is 393 g/mol. The summed E-state index contributed by atoms with van der Waals surface area (Å²) < 4.78 is 13.8. The van der Waals surface area contributed by atoms with E-state index in [-0.39, 0.29) is 11.7 Å². The van der Waals surface area contributed by atoms with Gasteiger partial charge in [0, 0.05) is 39.3 Å². The summed E-state index contributed by atoms with van der Waals surface area (Å²) in [5.74, 6) is 1.08. The maximum Gasteiger partial charge on any atom is 0.236 e. The molecule has 0 radical (unpaired) electrons. The number of amides is 1. The van der Waals surface area contributed by atoms with Gasteiger partial charge >= 0.3 is 0 Å². The van der Waals surface area contributed by atoms with Crippen LogP contribution in [0.15, 0.2) is 24.3 Å². The number of para-hydroxylation sites is 1. The first-order chi connectivity index (χ1) is 12.9. The van der Waals surface area contributed by atoms with Gasteiger partial charge in [0.2, 0.25) is 5.91 Å². The number of rotatable bonds is 3. The van der Waals surface area contributed by atoms with E-state index in [1.807, 2.05) is 9.80 Å². The minimum atomic E-state index is -0.311. The fourth-order valence-electron chi connectivity index (χ4n) is 4.02. The summed E-state index contributed by atoms with van der Waals surface area (Å²) in [5, 5.41) is 3.52. The van der Waals surface area contributed by atoms with Gasteiger partial charge in [-0.1, -0.05) is 26.0 Å². The van der Waals surface area contributed by atoms with Crippen molar-refractivity contribution in [2.45, 2.75) is 20.3 Å². The van der Waals surface area contributed by atoms with Crippen molar-refractivity contribution in [3.63, 3.8) is 0 Å². The third-order valence-electron chi connectivity index (χ3n) is 5.36. The van der Waals surface area contributed by atoms with E-state index >= 15 is 0 Å². The van der Waals surface area contributed by atoms with E-state index in [1.54, 1.807) is 18.2 Å². The molecule has 7 heteroatoms. The number of piperidine rings is 1. The lowest BCUT2D eigenvalue weighted by atomic mass is 9.92. The van der Waals surface area contributed by atoms with Crippen LogP contribution in [0.1, 0.15) is 20.3 Å². The van der Waals surface area contributed by atoms with Crippen molar-refractivity contribution in [1.29, 1.82) is 0 Å². The van der Waals surface area contributed by atoms with E-state index in [4.69, 9.17) is 12.2 Å². The molecule has 2 saturated heterocycles. The Morgan fingerprint density at radius 1 is 1.11 bits per heavy atom. The Balaban J connectivity index is 1.45. The Labute approximate surface area is 166 Å². The smallest absolute Gasteiger partial charge is 0.236 e. The number of halogens is 1. The first-order valence-electron chi connectivity index (χ1n) is 9.73. The topological polar surface area (TPSA) is 38.8 Å². The van der Waals surface area contributed by atoms with Crippen LogP contribution in [-0.2, 0) is 4.79 Å². The van der Waals surface area contributed by atoms with Crippen LogP contribution in [-0.4, -0.2) is 71.5 Å². The van der Waals surface area contributed by atoms with Crippen molar-refractivity contribution in [1.82, 2.24) is 14.7 Å². The van der Waals surface area contributed by atoms with Gasteiger partial charge in [-0.05, 0) is 42.6 Å². The highest BCUT2D eigenvalue weighted by Gasteiger charge is 2.27. The minimum Gasteiger partial charge on any atom is -0.346 e. The van der Waals surface area contributed by atoms with Gasteiger partial charge in [0.1, 0.15) is 5.82 Å². The highest BCUT2D eigenvalue weighted by Crippen LogP contribution is 2.21. The molecule has 2 atom stereocenters. The van der Waals surface area contributed by atoms with Crippen molar-refractivity contribution in [2.24, 2.45) is 11.8 Å². The Bertz CT molecular complexity index is 668. The summed E-state index contributed by atoms with van der Waals surface area (Å²) in [4.78, 5) is 18.9. The van der Waals surface area contributed by atoms with Crippen LogP contribution in [0.25, 0.3) is 0 Å². The number of hydrogen-bond acceptors (Lipinski definition) is 3. The van der Waals surface area contributed by atoms with E-state index in [2.05, 4.69) is 24.1 Å². The molecule has 0 saturated carbocycles. The Morgan fingerprint density at radius 3 is 2.37 bits per heavy atom. The molecule has 0 aromatic heterocycles. The van der Waals surface area contributed by atoms with Gasteiger partial charge in [0.25, 0.3) is 0 Å². The van der Waals surface area contributed by atoms with Crippen LogP contribution >= 0.6 is 12.2 Å². The van der Waals surface area contributed by atoms with Crippen LogP contribution in [0.4, 0.5) is 10.1 Å². The maximum atomic E-state index is 13.8. The first-order valence-corrected chi connectivity index (χ1v) is 10.1. The number of nitrogens with one attached hydrogen (secondary N) is 1.